The lowest BCUT2D eigenvalue weighted by Crippen LogP contribution is -2.32. The van der Waals surface area contributed by atoms with Crippen molar-refractivity contribution < 1.29 is 31.5 Å². The van der Waals surface area contributed by atoms with Crippen LogP contribution >= 0.6 is 0 Å². The Morgan fingerprint density at radius 3 is 2.32 bits per heavy atom. The zero-order chi connectivity index (χ0) is 20.6. The van der Waals surface area contributed by atoms with Crippen LogP contribution in [-0.2, 0) is 6.18 Å². The summed E-state index contributed by atoms with van der Waals surface area (Å²) in [5.74, 6) is -3.07. The van der Waals surface area contributed by atoms with E-state index in [1.54, 1.807) is 0 Å². The van der Waals surface area contributed by atoms with Crippen LogP contribution in [-0.4, -0.2) is 5.78 Å². The predicted octanol–water partition coefficient (Wildman–Crippen LogP) is 4.10. The highest BCUT2D eigenvalue weighted by Crippen LogP contribution is 2.38. The Bertz CT molecular complexity index is 1080. The Morgan fingerprint density at radius 2 is 1.68 bits per heavy atom. The number of carbonyl (C=O) groups excluding carboxylic acids is 1. The third-order valence-electron chi connectivity index (χ3n) is 4.05. The van der Waals surface area contributed by atoms with E-state index in [0.717, 1.165) is 42.6 Å². The summed E-state index contributed by atoms with van der Waals surface area (Å²) in [6.07, 6.45) is -3.98. The van der Waals surface area contributed by atoms with E-state index in [-0.39, 0.29) is 10.3 Å². The summed E-state index contributed by atoms with van der Waals surface area (Å²) in [4.78, 5) is 12.6. The number of nitrogen functional groups attached to an aromatic ring is 1. The van der Waals surface area contributed by atoms with E-state index in [0.29, 0.717) is 6.07 Å². The Morgan fingerprint density at radius 1 is 1.00 bits per heavy atom. The molecule has 2 N–H and O–H groups in total. The molecule has 0 fully saturated rings. The molecule has 0 unspecified atom stereocenters. The molecule has 1 aromatic heterocycles. The van der Waals surface area contributed by atoms with E-state index in [4.69, 9.17) is 5.73 Å². The van der Waals surface area contributed by atoms with Crippen LogP contribution in [0.15, 0.2) is 54.7 Å². The van der Waals surface area contributed by atoms with Crippen LogP contribution in [0.25, 0.3) is 11.3 Å². The maximum atomic E-state index is 13.9. The highest BCUT2D eigenvalue weighted by atomic mass is 19.4. The minimum atomic E-state index is -4.78. The standard InChI is InChI=1S/C19H11F5N2O2/c20-10-5-6-12(15(21)9-10)18(27)13-7-8-26(28)17(16(13)25)11-3-1-2-4-14(11)19(22,23)24/h1-9H,25H2. The second-order valence-corrected chi connectivity index (χ2v) is 5.81. The third kappa shape index (κ3) is 3.38. The summed E-state index contributed by atoms with van der Waals surface area (Å²) in [6.45, 7) is 0. The monoisotopic (exact) mass is 394 g/mol. The topological polar surface area (TPSA) is 70.0 Å². The molecule has 2 aromatic carbocycles. The van der Waals surface area contributed by atoms with Gasteiger partial charge in [0.25, 0.3) is 0 Å². The van der Waals surface area contributed by atoms with E-state index in [9.17, 15) is 32.0 Å². The highest BCUT2D eigenvalue weighted by molar-refractivity contribution is 6.13. The molecule has 28 heavy (non-hydrogen) atoms. The molecule has 0 aliphatic heterocycles. The van der Waals surface area contributed by atoms with Crippen LogP contribution in [0.1, 0.15) is 21.5 Å². The molecule has 0 bridgehead atoms. The first kappa shape index (κ1) is 19.3. The number of nitrogens with two attached hydrogens (primary N) is 1. The third-order valence-corrected chi connectivity index (χ3v) is 4.05. The number of carbonyl (C=O) groups is 1. The lowest BCUT2D eigenvalue weighted by Gasteiger charge is -2.15. The molecule has 9 heteroatoms. The van der Waals surface area contributed by atoms with Crippen LogP contribution in [0.4, 0.5) is 27.6 Å². The number of ketones is 1. The molecule has 0 aliphatic carbocycles. The number of aromatic nitrogens is 1. The Balaban J connectivity index is 2.21. The van der Waals surface area contributed by atoms with Crippen LogP contribution < -0.4 is 10.5 Å². The van der Waals surface area contributed by atoms with Crippen LogP contribution in [0.3, 0.4) is 0 Å². The Kier molecular flexibility index (Phi) is 4.76. The fourth-order valence-electron chi connectivity index (χ4n) is 2.77. The van der Waals surface area contributed by atoms with Gasteiger partial charge in [-0.2, -0.15) is 17.9 Å². The van der Waals surface area contributed by atoms with Gasteiger partial charge in [0, 0.05) is 12.1 Å². The first-order chi connectivity index (χ1) is 13.1. The van der Waals surface area contributed by atoms with Gasteiger partial charge in [0.1, 0.15) is 17.3 Å². The fraction of sp³-hybridized carbons (Fsp3) is 0.0526. The quantitative estimate of drug-likeness (QED) is 0.315. The molecule has 4 nitrogen and oxygen atoms in total. The summed E-state index contributed by atoms with van der Waals surface area (Å²) >= 11 is 0. The number of hydrogen-bond acceptors (Lipinski definition) is 3. The molecule has 0 saturated heterocycles. The van der Waals surface area contributed by atoms with Gasteiger partial charge in [-0.25, -0.2) is 8.78 Å². The number of benzene rings is 2. The second-order valence-electron chi connectivity index (χ2n) is 5.81. The number of halogens is 5. The second kappa shape index (κ2) is 6.91. The van der Waals surface area contributed by atoms with Gasteiger partial charge in [-0.15, -0.1) is 0 Å². The zero-order valence-electron chi connectivity index (χ0n) is 13.9. The van der Waals surface area contributed by atoms with Crippen molar-refractivity contribution >= 4 is 11.5 Å². The van der Waals surface area contributed by atoms with Crippen molar-refractivity contribution in [1.29, 1.82) is 0 Å². The average molecular weight is 394 g/mol. The molecule has 3 aromatic rings. The summed E-state index contributed by atoms with van der Waals surface area (Å²) in [6, 6.07) is 7.40. The molecule has 144 valence electrons. The number of pyridine rings is 1. The molecular weight excluding hydrogens is 383 g/mol. The molecule has 0 saturated carbocycles. The minimum absolute atomic E-state index is 0.0949. The maximum absolute atomic E-state index is 13.9. The Labute approximate surface area is 155 Å². The van der Waals surface area contributed by atoms with Crippen LogP contribution in [0.2, 0.25) is 0 Å². The van der Waals surface area contributed by atoms with Gasteiger partial charge in [-0.3, -0.25) is 4.79 Å². The molecule has 0 amide bonds. The van der Waals surface area contributed by atoms with Crippen molar-refractivity contribution in [1.82, 2.24) is 0 Å². The first-order valence-corrected chi connectivity index (χ1v) is 7.79. The first-order valence-electron chi connectivity index (χ1n) is 7.79. The number of nitrogens with zero attached hydrogens (tertiary/aromatic N) is 1. The van der Waals surface area contributed by atoms with Gasteiger partial charge in [-0.05, 0) is 24.3 Å². The fourth-order valence-corrected chi connectivity index (χ4v) is 2.77. The molecule has 1 heterocycles. The molecule has 0 radical (unpaired) electrons. The summed E-state index contributed by atoms with van der Waals surface area (Å²) < 4.78 is 67.0. The zero-order valence-corrected chi connectivity index (χ0v) is 13.9. The summed E-state index contributed by atoms with van der Waals surface area (Å²) in [7, 11) is 0. The van der Waals surface area contributed by atoms with Gasteiger partial charge in [-0.1, -0.05) is 12.1 Å². The van der Waals surface area contributed by atoms with E-state index in [1.165, 1.54) is 6.07 Å². The number of anilines is 1. The van der Waals surface area contributed by atoms with E-state index < -0.39 is 51.7 Å². The normalized spacial score (nSPS) is 11.5. The summed E-state index contributed by atoms with van der Waals surface area (Å²) in [5, 5.41) is 12.2. The molecular formula is C19H11F5N2O2. The Hall–Kier alpha value is -3.49. The van der Waals surface area contributed by atoms with Gasteiger partial charge < -0.3 is 10.9 Å². The lowest BCUT2D eigenvalue weighted by atomic mass is 9.96. The van der Waals surface area contributed by atoms with Gasteiger partial charge in [0.15, 0.2) is 12.0 Å². The highest BCUT2D eigenvalue weighted by Gasteiger charge is 2.36. The van der Waals surface area contributed by atoms with Crippen molar-refractivity contribution in [2.75, 3.05) is 5.73 Å². The minimum Gasteiger partial charge on any atom is -0.618 e. The predicted molar refractivity (Wildman–Crippen MR) is 90.0 cm³/mol. The largest absolute Gasteiger partial charge is 0.618 e. The molecule has 0 atom stereocenters. The molecule has 3 rings (SSSR count). The van der Waals surface area contributed by atoms with E-state index in [1.807, 2.05) is 0 Å². The van der Waals surface area contributed by atoms with Crippen molar-refractivity contribution in [2.45, 2.75) is 6.18 Å². The smallest absolute Gasteiger partial charge is 0.417 e. The van der Waals surface area contributed by atoms with E-state index in [2.05, 4.69) is 0 Å². The average Bonchev–Trinajstić information content (AvgIpc) is 2.61. The van der Waals surface area contributed by atoms with Crippen molar-refractivity contribution in [3.63, 3.8) is 0 Å². The number of rotatable bonds is 3. The van der Waals surface area contributed by atoms with Crippen molar-refractivity contribution in [3.8, 4) is 11.3 Å². The van der Waals surface area contributed by atoms with Crippen LogP contribution in [0.5, 0.6) is 0 Å². The molecule has 0 spiro atoms. The van der Waals surface area contributed by atoms with Gasteiger partial charge >= 0.3 is 6.18 Å². The van der Waals surface area contributed by atoms with Gasteiger partial charge in [0.2, 0.25) is 5.69 Å². The maximum Gasteiger partial charge on any atom is 0.417 e. The summed E-state index contributed by atoms with van der Waals surface area (Å²) in [5.41, 5.74) is 2.12. The van der Waals surface area contributed by atoms with Crippen LogP contribution in [0, 0.1) is 16.8 Å². The number of hydrogen-bond donors (Lipinski definition) is 1. The SMILES string of the molecule is Nc1c(C(=O)c2ccc(F)cc2F)cc[n+]([O-])c1-c1ccccc1C(F)(F)F. The van der Waals surface area contributed by atoms with Crippen molar-refractivity contribution in [3.05, 3.63) is 88.3 Å². The van der Waals surface area contributed by atoms with E-state index >= 15 is 0 Å². The lowest BCUT2D eigenvalue weighted by molar-refractivity contribution is -0.593. The molecule has 0 aliphatic rings. The van der Waals surface area contributed by atoms with Gasteiger partial charge in [0.05, 0.1) is 22.3 Å². The van der Waals surface area contributed by atoms with Crippen molar-refractivity contribution in [2.24, 2.45) is 0 Å². The number of alkyl halides is 3.